The van der Waals surface area contributed by atoms with Crippen LogP contribution >= 0.6 is 0 Å². The van der Waals surface area contributed by atoms with Crippen molar-refractivity contribution >= 4 is 11.9 Å². The normalized spacial score (nSPS) is 37.3. The van der Waals surface area contributed by atoms with Crippen molar-refractivity contribution in [1.29, 1.82) is 0 Å². The number of allylic oxidation sites excluding steroid dienone is 1. The highest BCUT2D eigenvalue weighted by molar-refractivity contribution is 5.80. The topological polar surface area (TPSA) is 94.8 Å². The van der Waals surface area contributed by atoms with Crippen LogP contribution in [0.25, 0.3) is 0 Å². The third-order valence-electron chi connectivity index (χ3n) is 6.84. The van der Waals surface area contributed by atoms with Crippen LogP contribution in [0.5, 0.6) is 0 Å². The first-order valence-electron chi connectivity index (χ1n) is 9.02. The summed E-state index contributed by atoms with van der Waals surface area (Å²) in [7, 11) is 0. The fourth-order valence-electron chi connectivity index (χ4n) is 5.34. The summed E-state index contributed by atoms with van der Waals surface area (Å²) in [5.74, 6) is -1.77. The van der Waals surface area contributed by atoms with Crippen LogP contribution in [0.15, 0.2) is 23.8 Å². The molecule has 0 saturated heterocycles. The van der Waals surface area contributed by atoms with Crippen LogP contribution < -0.4 is 0 Å². The monoisotopic (exact) mass is 350 g/mol. The van der Waals surface area contributed by atoms with E-state index >= 15 is 0 Å². The maximum atomic E-state index is 12.0. The van der Waals surface area contributed by atoms with Gasteiger partial charge >= 0.3 is 11.9 Å². The van der Waals surface area contributed by atoms with Crippen molar-refractivity contribution < 1.29 is 24.9 Å². The highest BCUT2D eigenvalue weighted by Crippen LogP contribution is 2.62. The molecule has 0 amide bonds. The Labute approximate surface area is 149 Å². The van der Waals surface area contributed by atoms with E-state index in [0.717, 1.165) is 37.3 Å². The lowest BCUT2D eigenvalue weighted by atomic mass is 9.46. The number of hydrogen-bond donors (Lipinski definition) is 3. The van der Waals surface area contributed by atoms with E-state index in [1.165, 1.54) is 0 Å². The van der Waals surface area contributed by atoms with Crippen molar-refractivity contribution in [1.82, 2.24) is 0 Å². The molecule has 2 saturated carbocycles. The van der Waals surface area contributed by atoms with E-state index in [1.54, 1.807) is 6.92 Å². The second-order valence-corrected chi connectivity index (χ2v) is 8.36. The lowest BCUT2D eigenvalue weighted by Gasteiger charge is -2.57. The summed E-state index contributed by atoms with van der Waals surface area (Å²) in [4.78, 5) is 22.8. The van der Waals surface area contributed by atoms with E-state index in [2.05, 4.69) is 13.5 Å². The van der Waals surface area contributed by atoms with Crippen molar-refractivity contribution in [3.8, 4) is 0 Å². The van der Waals surface area contributed by atoms with Gasteiger partial charge in [-0.2, -0.15) is 0 Å². The number of carboxylic acid groups (broad SMARTS) is 2. The zero-order valence-electron chi connectivity index (χ0n) is 15.4. The first-order valence-corrected chi connectivity index (χ1v) is 9.02. The minimum Gasteiger partial charge on any atom is -0.481 e. The number of aliphatic carboxylic acids is 2. The lowest BCUT2D eigenvalue weighted by molar-refractivity contribution is -0.164. The quantitative estimate of drug-likeness (QED) is 0.520. The zero-order chi connectivity index (χ0) is 19.0. The third-order valence-corrected chi connectivity index (χ3v) is 6.84. The van der Waals surface area contributed by atoms with Crippen molar-refractivity contribution in [2.45, 2.75) is 65.4 Å². The van der Waals surface area contributed by atoms with Gasteiger partial charge in [-0.25, -0.2) is 4.79 Å². The van der Waals surface area contributed by atoms with Gasteiger partial charge in [0.15, 0.2) is 0 Å². The highest BCUT2D eigenvalue weighted by atomic mass is 16.4. The SMILES string of the molecule is C=C1CCC2C(C)(C(=O)O)CCCC2(C)C1CC(O)C(C)=CC(=O)O. The van der Waals surface area contributed by atoms with Gasteiger partial charge in [-0.05, 0) is 68.8 Å². The van der Waals surface area contributed by atoms with Crippen LogP contribution in [0.1, 0.15) is 59.3 Å². The molecule has 140 valence electrons. The number of aliphatic hydroxyl groups excluding tert-OH is 1. The Bertz CT molecular complexity index is 607. The van der Waals surface area contributed by atoms with Gasteiger partial charge in [0.2, 0.25) is 0 Å². The Balaban J connectivity index is 2.32. The molecule has 0 aromatic carbocycles. The number of hydrogen-bond acceptors (Lipinski definition) is 3. The van der Waals surface area contributed by atoms with E-state index in [4.69, 9.17) is 5.11 Å². The average Bonchev–Trinajstić information content (AvgIpc) is 2.49. The summed E-state index contributed by atoms with van der Waals surface area (Å²) < 4.78 is 0. The summed E-state index contributed by atoms with van der Waals surface area (Å²) in [6.07, 6.45) is 4.61. The Kier molecular flexibility index (Phi) is 5.47. The minimum absolute atomic E-state index is 0.00244. The lowest BCUT2D eigenvalue weighted by Crippen LogP contribution is -2.53. The summed E-state index contributed by atoms with van der Waals surface area (Å²) >= 11 is 0. The molecule has 0 aliphatic heterocycles. The Morgan fingerprint density at radius 1 is 1.32 bits per heavy atom. The average molecular weight is 350 g/mol. The van der Waals surface area contributed by atoms with E-state index in [1.807, 2.05) is 6.92 Å². The van der Waals surface area contributed by atoms with Crippen LogP contribution in [-0.2, 0) is 9.59 Å². The maximum absolute atomic E-state index is 12.0. The van der Waals surface area contributed by atoms with Gasteiger partial charge in [-0.3, -0.25) is 4.79 Å². The number of aliphatic hydroxyl groups is 1. The first-order chi connectivity index (χ1) is 11.5. The van der Waals surface area contributed by atoms with E-state index in [-0.39, 0.29) is 17.3 Å². The fraction of sp³-hybridized carbons (Fsp3) is 0.700. The summed E-state index contributed by atoms with van der Waals surface area (Å²) in [5, 5.41) is 29.2. The summed E-state index contributed by atoms with van der Waals surface area (Å²) in [6, 6.07) is 0. The molecule has 3 N–H and O–H groups in total. The fourth-order valence-corrected chi connectivity index (χ4v) is 5.34. The standard InChI is InChI=1S/C20H30O5/c1-12-6-7-16-19(3,8-5-9-20(16,4)18(24)25)14(12)11-15(21)13(2)10-17(22)23/h10,14-16,21H,1,5-9,11H2,2-4H3,(H,22,23)(H,24,25). The van der Waals surface area contributed by atoms with Crippen molar-refractivity contribution in [3.05, 3.63) is 23.8 Å². The number of carboxylic acids is 2. The molecule has 25 heavy (non-hydrogen) atoms. The van der Waals surface area contributed by atoms with Crippen LogP contribution in [-0.4, -0.2) is 33.4 Å². The van der Waals surface area contributed by atoms with Gasteiger partial charge in [0.25, 0.3) is 0 Å². The Hall–Kier alpha value is -1.62. The van der Waals surface area contributed by atoms with Gasteiger partial charge in [0.1, 0.15) is 0 Å². The van der Waals surface area contributed by atoms with E-state index in [9.17, 15) is 19.8 Å². The highest BCUT2D eigenvalue weighted by Gasteiger charge is 2.57. The molecule has 0 heterocycles. The predicted molar refractivity (Wildman–Crippen MR) is 95.1 cm³/mol. The predicted octanol–water partition coefficient (Wildman–Crippen LogP) is 3.63. The number of rotatable bonds is 5. The number of fused-ring (bicyclic) bond motifs is 1. The van der Waals surface area contributed by atoms with Crippen molar-refractivity contribution in [2.24, 2.45) is 22.7 Å². The molecule has 5 nitrogen and oxygen atoms in total. The zero-order valence-corrected chi connectivity index (χ0v) is 15.4. The largest absolute Gasteiger partial charge is 0.481 e. The van der Waals surface area contributed by atoms with Gasteiger partial charge in [-0.15, -0.1) is 0 Å². The maximum Gasteiger partial charge on any atom is 0.328 e. The number of carbonyl (C=O) groups is 2. The molecular weight excluding hydrogens is 320 g/mol. The molecule has 2 fully saturated rings. The molecule has 2 rings (SSSR count). The Morgan fingerprint density at radius 2 is 1.96 bits per heavy atom. The van der Waals surface area contributed by atoms with Crippen LogP contribution in [0, 0.1) is 22.7 Å². The van der Waals surface area contributed by atoms with Gasteiger partial charge < -0.3 is 15.3 Å². The summed E-state index contributed by atoms with van der Waals surface area (Å²) in [6.45, 7) is 9.81. The van der Waals surface area contributed by atoms with Crippen molar-refractivity contribution in [3.63, 3.8) is 0 Å². The smallest absolute Gasteiger partial charge is 0.328 e. The van der Waals surface area contributed by atoms with E-state index < -0.39 is 23.5 Å². The Morgan fingerprint density at radius 3 is 2.52 bits per heavy atom. The second-order valence-electron chi connectivity index (χ2n) is 8.36. The second kappa shape index (κ2) is 6.94. The molecule has 0 aromatic rings. The summed E-state index contributed by atoms with van der Waals surface area (Å²) in [5.41, 5.74) is 0.493. The van der Waals surface area contributed by atoms with Crippen LogP contribution in [0.4, 0.5) is 0 Å². The van der Waals surface area contributed by atoms with Gasteiger partial charge in [0.05, 0.1) is 11.5 Å². The first kappa shape index (κ1) is 19.7. The third kappa shape index (κ3) is 3.52. The molecule has 0 radical (unpaired) electrons. The van der Waals surface area contributed by atoms with Crippen LogP contribution in [0.2, 0.25) is 0 Å². The molecule has 5 unspecified atom stereocenters. The van der Waals surface area contributed by atoms with Crippen molar-refractivity contribution in [2.75, 3.05) is 0 Å². The molecule has 5 atom stereocenters. The molecule has 2 aliphatic carbocycles. The van der Waals surface area contributed by atoms with E-state index in [0.29, 0.717) is 18.4 Å². The van der Waals surface area contributed by atoms with Crippen LogP contribution in [0.3, 0.4) is 0 Å². The molecule has 0 aromatic heterocycles. The minimum atomic E-state index is -1.07. The molecule has 2 aliphatic rings. The van der Waals surface area contributed by atoms with Gasteiger partial charge in [0, 0.05) is 6.08 Å². The molecule has 0 spiro atoms. The van der Waals surface area contributed by atoms with Gasteiger partial charge in [-0.1, -0.05) is 25.5 Å². The molecule has 5 heteroatoms. The molecular formula is C20H30O5. The molecule has 0 bridgehead atoms.